The topological polar surface area (TPSA) is 109 Å². The number of nitrogens with two attached hydrogens (primary N) is 1. The van der Waals surface area contributed by atoms with Crippen molar-refractivity contribution in [2.24, 2.45) is 17.6 Å². The van der Waals surface area contributed by atoms with Gasteiger partial charge >= 0.3 is 5.97 Å². The molecule has 0 saturated carbocycles. The molecule has 2 amide bonds. The summed E-state index contributed by atoms with van der Waals surface area (Å²) >= 11 is 1.18. The van der Waals surface area contributed by atoms with Crippen LogP contribution in [0.25, 0.3) is 0 Å². The fraction of sp³-hybridized carbons (Fsp3) is 0.308. The number of carboxylic acids is 1. The predicted molar refractivity (Wildman–Crippen MR) is 74.5 cm³/mol. The second-order valence-electron chi connectivity index (χ2n) is 4.51. The SMILES string of the molecule is NC(=O)c1ccsc1NC(=O)[C@H]1CC=CC[C@H]1C(=O)O. The zero-order chi connectivity index (χ0) is 14.7. The monoisotopic (exact) mass is 294 g/mol. The van der Waals surface area contributed by atoms with E-state index >= 15 is 0 Å². The molecule has 106 valence electrons. The smallest absolute Gasteiger partial charge is 0.307 e. The first-order valence-electron chi connectivity index (χ1n) is 6.06. The molecule has 1 aliphatic rings. The third-order valence-corrected chi connectivity index (χ3v) is 4.08. The summed E-state index contributed by atoms with van der Waals surface area (Å²) in [6, 6.07) is 1.53. The Labute approximate surface area is 119 Å². The van der Waals surface area contributed by atoms with Crippen molar-refractivity contribution in [3.8, 4) is 0 Å². The van der Waals surface area contributed by atoms with E-state index in [1.807, 2.05) is 0 Å². The molecule has 0 unspecified atom stereocenters. The quantitative estimate of drug-likeness (QED) is 0.730. The van der Waals surface area contributed by atoms with Gasteiger partial charge in [-0.05, 0) is 24.3 Å². The molecule has 0 aromatic carbocycles. The lowest BCUT2D eigenvalue weighted by Crippen LogP contribution is -2.34. The van der Waals surface area contributed by atoms with E-state index in [9.17, 15) is 14.4 Å². The number of carbonyl (C=O) groups is 3. The Morgan fingerprint density at radius 2 is 1.90 bits per heavy atom. The van der Waals surface area contributed by atoms with Gasteiger partial charge < -0.3 is 16.2 Å². The van der Waals surface area contributed by atoms with Crippen LogP contribution < -0.4 is 11.1 Å². The Morgan fingerprint density at radius 3 is 2.50 bits per heavy atom. The van der Waals surface area contributed by atoms with Crippen LogP contribution in [0.1, 0.15) is 23.2 Å². The summed E-state index contributed by atoms with van der Waals surface area (Å²) < 4.78 is 0. The van der Waals surface area contributed by atoms with Gasteiger partial charge in [-0.2, -0.15) is 0 Å². The zero-order valence-electron chi connectivity index (χ0n) is 10.5. The van der Waals surface area contributed by atoms with Crippen molar-refractivity contribution in [3.05, 3.63) is 29.2 Å². The number of carboxylic acid groups (broad SMARTS) is 1. The minimum atomic E-state index is -0.990. The standard InChI is InChI=1S/C13H14N2O4S/c14-10(16)9-5-6-20-12(9)15-11(17)7-3-1-2-4-8(7)13(18)19/h1-2,5-8H,3-4H2,(H2,14,16)(H,15,17)(H,18,19)/t7-,8+/m0/s1. The lowest BCUT2D eigenvalue weighted by atomic mass is 9.82. The summed E-state index contributed by atoms with van der Waals surface area (Å²) in [5.41, 5.74) is 5.44. The lowest BCUT2D eigenvalue weighted by Gasteiger charge is -2.24. The van der Waals surface area contributed by atoms with E-state index in [4.69, 9.17) is 10.8 Å². The summed E-state index contributed by atoms with van der Waals surface area (Å²) in [5, 5.41) is 13.8. The van der Waals surface area contributed by atoms with Gasteiger partial charge in [-0.15, -0.1) is 11.3 Å². The van der Waals surface area contributed by atoms with Crippen LogP contribution in [-0.2, 0) is 9.59 Å². The van der Waals surface area contributed by atoms with Crippen molar-refractivity contribution >= 4 is 34.1 Å². The number of aliphatic carboxylic acids is 1. The highest BCUT2D eigenvalue weighted by Gasteiger charge is 2.34. The maximum atomic E-state index is 12.2. The molecule has 6 nitrogen and oxygen atoms in total. The van der Waals surface area contributed by atoms with Crippen LogP contribution in [0.4, 0.5) is 5.00 Å². The van der Waals surface area contributed by atoms with Gasteiger partial charge in [0.2, 0.25) is 5.91 Å². The molecular formula is C13H14N2O4S. The molecule has 2 rings (SSSR count). The van der Waals surface area contributed by atoms with Gasteiger partial charge in [-0.3, -0.25) is 14.4 Å². The van der Waals surface area contributed by atoms with Crippen molar-refractivity contribution in [2.45, 2.75) is 12.8 Å². The Hall–Kier alpha value is -2.15. The molecule has 1 heterocycles. The lowest BCUT2D eigenvalue weighted by molar-refractivity contribution is -0.146. The highest BCUT2D eigenvalue weighted by molar-refractivity contribution is 7.14. The molecule has 1 aromatic rings. The second-order valence-corrected chi connectivity index (χ2v) is 5.43. The summed E-state index contributed by atoms with van der Waals surface area (Å²) in [6.45, 7) is 0. The van der Waals surface area contributed by atoms with Crippen molar-refractivity contribution in [1.29, 1.82) is 0 Å². The number of thiophene rings is 1. The van der Waals surface area contributed by atoms with Crippen LogP contribution in [0.2, 0.25) is 0 Å². The van der Waals surface area contributed by atoms with Crippen molar-refractivity contribution in [1.82, 2.24) is 0 Å². The number of allylic oxidation sites excluding steroid dienone is 2. The first kappa shape index (κ1) is 14.3. The predicted octanol–water partition coefficient (Wildman–Crippen LogP) is 1.45. The maximum Gasteiger partial charge on any atom is 0.307 e. The van der Waals surface area contributed by atoms with Crippen molar-refractivity contribution in [3.63, 3.8) is 0 Å². The van der Waals surface area contributed by atoms with E-state index < -0.39 is 29.6 Å². The van der Waals surface area contributed by atoms with E-state index in [0.29, 0.717) is 17.8 Å². The number of amides is 2. The Balaban J connectivity index is 2.15. The number of carbonyl (C=O) groups excluding carboxylic acids is 2. The number of hydrogen-bond acceptors (Lipinski definition) is 4. The van der Waals surface area contributed by atoms with Crippen LogP contribution in [0.15, 0.2) is 23.6 Å². The summed E-state index contributed by atoms with van der Waals surface area (Å²) in [6.07, 6.45) is 4.27. The number of primary amides is 1. The Kier molecular flexibility index (Phi) is 4.19. The van der Waals surface area contributed by atoms with Crippen LogP contribution >= 0.6 is 11.3 Å². The molecular weight excluding hydrogens is 280 g/mol. The summed E-state index contributed by atoms with van der Waals surface area (Å²) in [5.74, 6) is -3.39. The molecule has 7 heteroatoms. The average molecular weight is 294 g/mol. The van der Waals surface area contributed by atoms with Gasteiger partial charge in [0.25, 0.3) is 5.91 Å². The summed E-state index contributed by atoms with van der Waals surface area (Å²) in [7, 11) is 0. The highest BCUT2D eigenvalue weighted by Crippen LogP contribution is 2.29. The molecule has 0 aliphatic heterocycles. The fourth-order valence-electron chi connectivity index (χ4n) is 2.18. The molecule has 0 saturated heterocycles. The Bertz CT molecular complexity index is 579. The van der Waals surface area contributed by atoms with E-state index in [1.54, 1.807) is 17.5 Å². The third-order valence-electron chi connectivity index (χ3n) is 3.25. The van der Waals surface area contributed by atoms with Gasteiger partial charge in [0, 0.05) is 0 Å². The van der Waals surface area contributed by atoms with E-state index in [1.165, 1.54) is 17.4 Å². The molecule has 1 aromatic heterocycles. The highest BCUT2D eigenvalue weighted by atomic mass is 32.1. The van der Waals surface area contributed by atoms with Crippen LogP contribution in [0.5, 0.6) is 0 Å². The zero-order valence-corrected chi connectivity index (χ0v) is 11.4. The largest absolute Gasteiger partial charge is 0.481 e. The second kappa shape index (κ2) is 5.87. The first-order chi connectivity index (χ1) is 9.50. The van der Waals surface area contributed by atoms with E-state index in [2.05, 4.69) is 5.32 Å². The molecule has 0 bridgehead atoms. The first-order valence-corrected chi connectivity index (χ1v) is 6.94. The number of anilines is 1. The minimum Gasteiger partial charge on any atom is -0.481 e. The third kappa shape index (κ3) is 2.88. The summed E-state index contributed by atoms with van der Waals surface area (Å²) in [4.78, 5) is 34.5. The molecule has 0 spiro atoms. The van der Waals surface area contributed by atoms with Crippen LogP contribution in [0, 0.1) is 11.8 Å². The molecule has 2 atom stereocenters. The van der Waals surface area contributed by atoms with Gasteiger partial charge in [0.15, 0.2) is 0 Å². The molecule has 0 radical (unpaired) electrons. The van der Waals surface area contributed by atoms with Crippen molar-refractivity contribution in [2.75, 3.05) is 5.32 Å². The van der Waals surface area contributed by atoms with Crippen LogP contribution in [0.3, 0.4) is 0 Å². The molecule has 1 aliphatic carbocycles. The normalized spacial score (nSPS) is 21.4. The van der Waals surface area contributed by atoms with Gasteiger partial charge in [0.1, 0.15) is 5.00 Å². The number of nitrogens with one attached hydrogen (secondary N) is 1. The number of hydrogen-bond donors (Lipinski definition) is 3. The van der Waals surface area contributed by atoms with E-state index in [0.717, 1.165) is 0 Å². The Morgan fingerprint density at radius 1 is 1.25 bits per heavy atom. The number of rotatable bonds is 4. The van der Waals surface area contributed by atoms with Gasteiger partial charge in [-0.1, -0.05) is 12.2 Å². The maximum absolute atomic E-state index is 12.2. The van der Waals surface area contributed by atoms with Crippen LogP contribution in [-0.4, -0.2) is 22.9 Å². The van der Waals surface area contributed by atoms with Gasteiger partial charge in [-0.25, -0.2) is 0 Å². The minimum absolute atomic E-state index is 0.238. The fourth-order valence-corrected chi connectivity index (χ4v) is 2.98. The molecule has 20 heavy (non-hydrogen) atoms. The van der Waals surface area contributed by atoms with Gasteiger partial charge in [0.05, 0.1) is 17.4 Å². The average Bonchev–Trinajstić information content (AvgIpc) is 2.87. The van der Waals surface area contributed by atoms with Crippen molar-refractivity contribution < 1.29 is 19.5 Å². The van der Waals surface area contributed by atoms with E-state index in [-0.39, 0.29) is 5.56 Å². The molecule has 4 N–H and O–H groups in total. The molecule has 0 fully saturated rings.